The molecule has 0 bridgehead atoms. The molecule has 0 spiro atoms. The molecule has 4 rings (SSSR count). The lowest BCUT2D eigenvalue weighted by Crippen LogP contribution is -2.47. The van der Waals surface area contributed by atoms with Crippen LogP contribution in [-0.4, -0.2) is 61.5 Å². The molecule has 0 unspecified atom stereocenters. The number of carbonyl (C=O) groups is 1. The minimum atomic E-state index is -0.412. The first-order valence-corrected chi connectivity index (χ1v) is 12.4. The summed E-state index contributed by atoms with van der Waals surface area (Å²) >= 11 is 5.85. The number of carbonyl (C=O) groups excluding carboxylic acids is 1. The summed E-state index contributed by atoms with van der Waals surface area (Å²) in [5, 5.41) is 13.6. The molecule has 0 saturated carbocycles. The Morgan fingerprint density at radius 1 is 1.11 bits per heavy atom. The van der Waals surface area contributed by atoms with Crippen molar-refractivity contribution in [2.45, 2.75) is 21.3 Å². The summed E-state index contributed by atoms with van der Waals surface area (Å²) < 4.78 is 5.99. The summed E-state index contributed by atoms with van der Waals surface area (Å²) in [4.78, 5) is 17.1. The molecule has 1 amide bonds. The van der Waals surface area contributed by atoms with E-state index >= 15 is 0 Å². The molecule has 0 aliphatic carbocycles. The fraction of sp³-hybridized carbons (Fsp3) is 0.310. The van der Waals surface area contributed by atoms with Crippen LogP contribution in [0.25, 0.3) is 0 Å². The first kappa shape index (κ1) is 28.0. The topological polar surface area (TPSA) is 77.4 Å². The number of aromatic hydroxyl groups is 1. The van der Waals surface area contributed by atoms with Gasteiger partial charge < -0.3 is 14.7 Å². The van der Waals surface area contributed by atoms with Gasteiger partial charge in [0, 0.05) is 45.4 Å². The third-order valence-corrected chi connectivity index (χ3v) is 6.54. The molecule has 198 valence electrons. The highest BCUT2D eigenvalue weighted by atomic mass is 35.5. The molecule has 2 N–H and O–H groups in total. The van der Waals surface area contributed by atoms with Crippen LogP contribution in [0, 0.1) is 13.8 Å². The molecule has 0 aromatic heterocycles. The molecule has 3 aromatic rings. The molecule has 0 atom stereocenters. The number of phenolic OH excluding ortho intramolecular Hbond substituents is 1. The maximum absolute atomic E-state index is 12.2. The average Bonchev–Trinajstić information content (AvgIpc) is 2.87. The molecule has 7 nitrogen and oxygen atoms in total. The van der Waals surface area contributed by atoms with Crippen molar-refractivity contribution in [1.82, 2.24) is 10.3 Å². The number of halogens is 1. The number of hydrogen-bond acceptors (Lipinski definition) is 6. The Hall–Kier alpha value is -3.55. The van der Waals surface area contributed by atoms with Crippen LogP contribution in [0.4, 0.5) is 5.69 Å². The number of rotatable bonds is 8. The minimum absolute atomic E-state index is 0. The van der Waals surface area contributed by atoms with Crippen LogP contribution in [0.3, 0.4) is 0 Å². The van der Waals surface area contributed by atoms with E-state index in [4.69, 9.17) is 16.3 Å². The molecular formula is C29H37ClN4O3. The van der Waals surface area contributed by atoms with E-state index in [0.717, 1.165) is 49.6 Å². The van der Waals surface area contributed by atoms with E-state index in [0.29, 0.717) is 12.2 Å². The Bertz CT molecular complexity index is 1250. The molecular weight excluding hydrogens is 488 g/mol. The van der Waals surface area contributed by atoms with Gasteiger partial charge >= 0.3 is 0 Å². The van der Waals surface area contributed by atoms with Gasteiger partial charge in [-0.05, 0) is 79.1 Å². The molecule has 1 fully saturated rings. The number of piperazine rings is 1. The van der Waals surface area contributed by atoms with E-state index in [-0.39, 0.29) is 19.6 Å². The van der Waals surface area contributed by atoms with Crippen molar-refractivity contribution in [1.29, 1.82) is 0 Å². The van der Waals surface area contributed by atoms with Gasteiger partial charge in [0.1, 0.15) is 18.1 Å². The Labute approximate surface area is 225 Å². The van der Waals surface area contributed by atoms with Crippen molar-refractivity contribution < 1.29 is 16.1 Å². The summed E-state index contributed by atoms with van der Waals surface area (Å²) in [6.07, 6.45) is 1.59. The van der Waals surface area contributed by atoms with Crippen LogP contribution in [-0.2, 0) is 0 Å². The smallest absolute Gasteiger partial charge is 0.271 e. The molecule has 3 aromatic carbocycles. The number of amides is 1. The number of aryl methyl sites for hydroxylation is 2. The third kappa shape index (κ3) is 7.71. The van der Waals surface area contributed by atoms with E-state index in [1.807, 2.05) is 25.1 Å². The van der Waals surface area contributed by atoms with Gasteiger partial charge in [-0.1, -0.05) is 31.2 Å². The third-order valence-electron chi connectivity index (χ3n) is 6.24. The molecule has 1 aliphatic heterocycles. The second-order valence-electron chi connectivity index (χ2n) is 8.90. The number of hydrazone groups is 1. The van der Waals surface area contributed by atoms with Crippen LogP contribution in [0.5, 0.6) is 11.5 Å². The van der Waals surface area contributed by atoms with E-state index < -0.39 is 5.91 Å². The van der Waals surface area contributed by atoms with Crippen LogP contribution in [0.1, 0.15) is 35.9 Å². The number of hydrogen-bond donors (Lipinski definition) is 2. The Morgan fingerprint density at radius 3 is 2.59 bits per heavy atom. The van der Waals surface area contributed by atoms with E-state index in [2.05, 4.69) is 51.5 Å². The largest absolute Gasteiger partial charge is 0.506 e. The predicted molar refractivity (Wildman–Crippen MR) is 154 cm³/mol. The van der Waals surface area contributed by atoms with Crippen LogP contribution < -0.4 is 15.1 Å². The number of nitrogens with one attached hydrogen (secondary N) is 1. The fourth-order valence-electron chi connectivity index (χ4n) is 4.10. The second kappa shape index (κ2) is 13.1. The van der Waals surface area contributed by atoms with Crippen molar-refractivity contribution >= 4 is 29.4 Å². The predicted octanol–water partition coefficient (Wildman–Crippen LogP) is 5.51. The minimum Gasteiger partial charge on any atom is -0.506 e. The van der Waals surface area contributed by atoms with Gasteiger partial charge in [-0.15, -0.1) is 0 Å². The lowest BCUT2D eigenvalue weighted by Gasteiger charge is -2.36. The quantitative estimate of drug-likeness (QED) is 0.300. The summed E-state index contributed by atoms with van der Waals surface area (Å²) in [6, 6.07) is 18.7. The fourth-order valence-corrected chi connectivity index (χ4v) is 4.28. The highest BCUT2D eigenvalue weighted by molar-refractivity contribution is 6.32. The SMILES string of the molecule is C.Cc1cccc(N2CCN(CCOc3ccc(/C=N/NC(=O)c4ccc(O)c(Cl)c4)c(C)c3)CC2)c1.[HH]. The summed E-state index contributed by atoms with van der Waals surface area (Å²) in [5.74, 6) is 0.326. The van der Waals surface area contributed by atoms with Crippen LogP contribution in [0.15, 0.2) is 65.8 Å². The normalized spacial score (nSPS) is 13.9. The van der Waals surface area contributed by atoms with Gasteiger partial charge in [-0.2, -0.15) is 5.10 Å². The first-order chi connectivity index (χ1) is 17.4. The Balaban J connectivity index is 0.00000253. The monoisotopic (exact) mass is 524 g/mol. The number of nitrogens with zero attached hydrogens (tertiary/aromatic N) is 3. The van der Waals surface area contributed by atoms with E-state index in [9.17, 15) is 9.90 Å². The first-order valence-electron chi connectivity index (χ1n) is 12.0. The Morgan fingerprint density at radius 2 is 1.89 bits per heavy atom. The van der Waals surface area contributed by atoms with Crippen molar-refractivity contribution in [3.63, 3.8) is 0 Å². The summed E-state index contributed by atoms with van der Waals surface area (Å²) in [7, 11) is 0. The van der Waals surface area contributed by atoms with Gasteiger partial charge in [-0.3, -0.25) is 9.69 Å². The summed E-state index contributed by atoms with van der Waals surface area (Å²) in [5.41, 5.74) is 7.24. The van der Waals surface area contributed by atoms with Crippen molar-refractivity contribution in [2.24, 2.45) is 5.10 Å². The molecule has 1 aliphatic rings. The average molecular weight is 525 g/mol. The van der Waals surface area contributed by atoms with E-state index in [1.54, 1.807) is 6.21 Å². The summed E-state index contributed by atoms with van der Waals surface area (Å²) in [6.45, 7) is 9.70. The van der Waals surface area contributed by atoms with E-state index in [1.165, 1.54) is 29.4 Å². The highest BCUT2D eigenvalue weighted by Gasteiger charge is 2.17. The van der Waals surface area contributed by atoms with Crippen LogP contribution >= 0.6 is 11.6 Å². The molecule has 8 heteroatoms. The zero-order valence-corrected chi connectivity index (χ0v) is 21.3. The second-order valence-corrected chi connectivity index (χ2v) is 9.31. The molecule has 0 radical (unpaired) electrons. The van der Waals surface area contributed by atoms with Gasteiger partial charge in [0.25, 0.3) is 5.91 Å². The number of benzene rings is 3. The van der Waals surface area contributed by atoms with Gasteiger partial charge in [0.2, 0.25) is 0 Å². The van der Waals surface area contributed by atoms with Gasteiger partial charge in [0.15, 0.2) is 0 Å². The molecule has 1 saturated heterocycles. The lowest BCUT2D eigenvalue weighted by molar-refractivity contribution is 0.0955. The Kier molecular flexibility index (Phi) is 9.94. The maximum Gasteiger partial charge on any atom is 0.271 e. The molecule has 37 heavy (non-hydrogen) atoms. The van der Waals surface area contributed by atoms with Crippen molar-refractivity contribution in [3.05, 3.63) is 87.9 Å². The van der Waals surface area contributed by atoms with Crippen molar-refractivity contribution in [3.8, 4) is 11.5 Å². The highest BCUT2D eigenvalue weighted by Crippen LogP contribution is 2.23. The number of ether oxygens (including phenoxy) is 1. The zero-order valence-electron chi connectivity index (χ0n) is 20.6. The maximum atomic E-state index is 12.2. The van der Waals surface area contributed by atoms with Gasteiger partial charge in [0.05, 0.1) is 11.2 Å². The zero-order chi connectivity index (χ0) is 25.5. The standard InChI is InChI=1S/C28H31ClN4O3.CH4.H2/c1-20-4-3-5-24(16-20)33-12-10-32(11-13-33)14-15-36-25-8-6-23(21(2)17-25)19-30-31-28(35)22-7-9-27(34)26(29)18-22;;/h3-9,16-19,34H,10-15H2,1-2H3,(H,31,35);1H4;1H/b30-19+;;. The number of anilines is 1. The number of phenols is 1. The molecule has 1 heterocycles. The lowest BCUT2D eigenvalue weighted by atomic mass is 10.1. The van der Waals surface area contributed by atoms with Gasteiger partial charge in [-0.25, -0.2) is 5.43 Å². The van der Waals surface area contributed by atoms with Crippen molar-refractivity contribution in [2.75, 3.05) is 44.2 Å². The van der Waals surface area contributed by atoms with Crippen LogP contribution in [0.2, 0.25) is 5.02 Å².